The Hall–Kier alpha value is -2.48. The molecule has 0 fully saturated rings. The summed E-state index contributed by atoms with van der Waals surface area (Å²) in [5.74, 6) is 1.02. The van der Waals surface area contributed by atoms with Crippen molar-refractivity contribution in [3.05, 3.63) is 77.3 Å². The quantitative estimate of drug-likeness (QED) is 0.683. The number of halogens is 1. The van der Waals surface area contributed by atoms with E-state index in [1.807, 2.05) is 12.1 Å². The molecular formula is C18H14ClN3O3S. The van der Waals surface area contributed by atoms with Gasteiger partial charge in [0.25, 0.3) is 0 Å². The minimum Gasteiger partial charge on any atom is -0.456 e. The van der Waals surface area contributed by atoms with Gasteiger partial charge in [0.15, 0.2) is 0 Å². The molecule has 0 N–H and O–H groups in total. The Labute approximate surface area is 156 Å². The summed E-state index contributed by atoms with van der Waals surface area (Å²) < 4.78 is 32.8. The van der Waals surface area contributed by atoms with E-state index in [0.29, 0.717) is 16.5 Å². The zero-order valence-electron chi connectivity index (χ0n) is 13.5. The second-order valence-corrected chi connectivity index (χ2v) is 8.12. The largest absolute Gasteiger partial charge is 0.456 e. The van der Waals surface area contributed by atoms with Gasteiger partial charge in [-0.2, -0.15) is 4.31 Å². The molecule has 6 nitrogen and oxygen atoms in total. The lowest BCUT2D eigenvalue weighted by Crippen LogP contribution is -2.25. The smallest absolute Gasteiger partial charge is 0.243 e. The van der Waals surface area contributed by atoms with Gasteiger partial charge in [-0.15, -0.1) is 0 Å². The van der Waals surface area contributed by atoms with Crippen LogP contribution < -0.4 is 4.74 Å². The molecule has 26 heavy (non-hydrogen) atoms. The Morgan fingerprint density at radius 3 is 2.54 bits per heavy atom. The molecule has 0 unspecified atom stereocenters. The summed E-state index contributed by atoms with van der Waals surface area (Å²) >= 11 is 6.07. The Bertz CT molecular complexity index is 1030. The fourth-order valence-corrected chi connectivity index (χ4v) is 4.28. The van der Waals surface area contributed by atoms with Gasteiger partial charge in [0.05, 0.1) is 22.2 Å². The van der Waals surface area contributed by atoms with Crippen LogP contribution in [-0.2, 0) is 23.1 Å². The Kier molecular flexibility index (Phi) is 4.36. The summed E-state index contributed by atoms with van der Waals surface area (Å²) in [5.41, 5.74) is 1.57. The molecule has 3 aromatic rings. The topological polar surface area (TPSA) is 72.4 Å². The van der Waals surface area contributed by atoms with Gasteiger partial charge >= 0.3 is 0 Å². The maximum Gasteiger partial charge on any atom is 0.243 e. The molecule has 0 radical (unpaired) electrons. The number of fused-ring (bicyclic) bond motifs is 1. The zero-order valence-corrected chi connectivity index (χ0v) is 15.1. The molecule has 8 heteroatoms. The van der Waals surface area contributed by atoms with Gasteiger partial charge in [-0.1, -0.05) is 23.7 Å². The number of para-hydroxylation sites is 1. The summed E-state index contributed by atoms with van der Waals surface area (Å²) in [6.45, 7) is 0.522. The Balaban J connectivity index is 1.54. The maximum absolute atomic E-state index is 12.8. The third-order valence-electron chi connectivity index (χ3n) is 4.08. The highest BCUT2D eigenvalue weighted by Crippen LogP contribution is 2.31. The van der Waals surface area contributed by atoms with Crippen LogP contribution in [-0.4, -0.2) is 22.7 Å². The van der Waals surface area contributed by atoms with Crippen molar-refractivity contribution in [2.45, 2.75) is 18.0 Å². The highest BCUT2D eigenvalue weighted by Gasteiger charge is 2.31. The number of nitrogens with zero attached hydrogens (tertiary/aromatic N) is 3. The molecule has 2 aromatic carbocycles. The lowest BCUT2D eigenvalue weighted by Gasteiger charge is -2.15. The van der Waals surface area contributed by atoms with Crippen LogP contribution in [0.3, 0.4) is 0 Å². The maximum atomic E-state index is 12.8. The highest BCUT2D eigenvalue weighted by molar-refractivity contribution is 7.89. The molecule has 1 aliphatic rings. The van der Waals surface area contributed by atoms with Crippen LogP contribution in [0.5, 0.6) is 11.5 Å². The van der Waals surface area contributed by atoms with E-state index in [0.717, 1.165) is 11.3 Å². The number of sulfonamides is 1. The Morgan fingerprint density at radius 2 is 1.81 bits per heavy atom. The summed E-state index contributed by atoms with van der Waals surface area (Å²) in [6.07, 6.45) is 3.08. The minimum absolute atomic E-state index is 0.199. The van der Waals surface area contributed by atoms with Gasteiger partial charge in [0, 0.05) is 18.3 Å². The van der Waals surface area contributed by atoms with Crippen molar-refractivity contribution in [1.29, 1.82) is 0 Å². The second-order valence-electron chi connectivity index (χ2n) is 5.77. The average Bonchev–Trinajstić information content (AvgIpc) is 3.09. The zero-order chi connectivity index (χ0) is 18.1. The molecule has 0 atom stereocenters. The van der Waals surface area contributed by atoms with Crippen LogP contribution in [0.25, 0.3) is 0 Å². The van der Waals surface area contributed by atoms with Crippen LogP contribution in [0.4, 0.5) is 0 Å². The molecule has 0 aliphatic carbocycles. The molecule has 2 heterocycles. The average molecular weight is 388 g/mol. The van der Waals surface area contributed by atoms with Crippen molar-refractivity contribution >= 4 is 21.6 Å². The number of rotatable bonds is 4. The van der Waals surface area contributed by atoms with Crippen LogP contribution in [0.2, 0.25) is 5.02 Å². The van der Waals surface area contributed by atoms with Crippen molar-refractivity contribution in [2.75, 3.05) is 0 Å². The molecule has 0 saturated heterocycles. The standard InChI is InChI=1S/C18H14ClN3O3S/c19-16-3-1-2-4-18(16)25-14-5-7-15(8-6-14)26(23,24)22-10-13-9-20-12-21-17(13)11-22/h1-9,12H,10-11H2. The van der Waals surface area contributed by atoms with Crippen LogP contribution in [0.1, 0.15) is 11.3 Å². The van der Waals surface area contributed by atoms with Crippen molar-refractivity contribution < 1.29 is 13.2 Å². The summed E-state index contributed by atoms with van der Waals surface area (Å²) in [4.78, 5) is 8.28. The summed E-state index contributed by atoms with van der Waals surface area (Å²) in [7, 11) is -3.62. The van der Waals surface area contributed by atoms with E-state index in [4.69, 9.17) is 16.3 Å². The van der Waals surface area contributed by atoms with Crippen molar-refractivity contribution in [3.8, 4) is 11.5 Å². The van der Waals surface area contributed by atoms with Gasteiger partial charge in [0.1, 0.15) is 17.8 Å². The normalized spacial score (nSPS) is 14.2. The summed E-state index contributed by atoms with van der Waals surface area (Å²) in [6, 6.07) is 13.4. The predicted octanol–water partition coefficient (Wildman–Crippen LogP) is 3.63. The van der Waals surface area contributed by atoms with E-state index in [1.165, 1.54) is 22.8 Å². The molecule has 0 saturated carbocycles. The summed E-state index contributed by atoms with van der Waals surface area (Å²) in [5, 5.41) is 0.486. The third kappa shape index (κ3) is 3.16. The molecule has 132 valence electrons. The van der Waals surface area contributed by atoms with E-state index in [2.05, 4.69) is 9.97 Å². The number of ether oxygens (including phenoxy) is 1. The van der Waals surface area contributed by atoms with E-state index >= 15 is 0 Å². The SMILES string of the molecule is O=S(=O)(c1ccc(Oc2ccccc2Cl)cc1)N1Cc2cncnc2C1. The minimum atomic E-state index is -3.62. The van der Waals surface area contributed by atoms with Gasteiger partial charge in [-0.05, 0) is 36.4 Å². The van der Waals surface area contributed by atoms with E-state index in [-0.39, 0.29) is 18.0 Å². The predicted molar refractivity (Wildman–Crippen MR) is 96.4 cm³/mol. The highest BCUT2D eigenvalue weighted by atomic mass is 35.5. The van der Waals surface area contributed by atoms with Gasteiger partial charge in [0.2, 0.25) is 10.0 Å². The van der Waals surface area contributed by atoms with Crippen LogP contribution in [0.15, 0.2) is 66.0 Å². The molecule has 1 aromatic heterocycles. The van der Waals surface area contributed by atoms with Gasteiger partial charge in [-0.25, -0.2) is 18.4 Å². The number of aromatic nitrogens is 2. The van der Waals surface area contributed by atoms with E-state index < -0.39 is 10.0 Å². The third-order valence-corrected chi connectivity index (χ3v) is 6.20. The molecule has 0 bridgehead atoms. The van der Waals surface area contributed by atoms with E-state index in [1.54, 1.807) is 30.5 Å². The number of hydrogen-bond acceptors (Lipinski definition) is 5. The van der Waals surface area contributed by atoms with Crippen molar-refractivity contribution in [3.63, 3.8) is 0 Å². The fraction of sp³-hybridized carbons (Fsp3) is 0.111. The van der Waals surface area contributed by atoms with Crippen molar-refractivity contribution in [2.24, 2.45) is 0 Å². The van der Waals surface area contributed by atoms with Gasteiger partial charge < -0.3 is 4.74 Å². The monoisotopic (exact) mass is 387 g/mol. The molecule has 1 aliphatic heterocycles. The van der Waals surface area contributed by atoms with Gasteiger partial charge in [-0.3, -0.25) is 0 Å². The first-order valence-corrected chi connectivity index (χ1v) is 9.66. The Morgan fingerprint density at radius 1 is 1.04 bits per heavy atom. The first-order valence-electron chi connectivity index (χ1n) is 7.84. The molecule has 0 amide bonds. The van der Waals surface area contributed by atoms with Crippen molar-refractivity contribution in [1.82, 2.24) is 14.3 Å². The molecule has 0 spiro atoms. The lowest BCUT2D eigenvalue weighted by atomic mass is 10.3. The second kappa shape index (κ2) is 6.68. The first-order chi connectivity index (χ1) is 12.5. The molecular weight excluding hydrogens is 374 g/mol. The van der Waals surface area contributed by atoms with E-state index in [9.17, 15) is 8.42 Å². The number of benzene rings is 2. The molecule has 4 rings (SSSR count). The van der Waals surface area contributed by atoms with Crippen LogP contribution >= 0.6 is 11.6 Å². The lowest BCUT2D eigenvalue weighted by molar-refractivity contribution is 0.429. The van der Waals surface area contributed by atoms with Crippen LogP contribution in [0, 0.1) is 0 Å². The number of hydrogen-bond donors (Lipinski definition) is 0. The fourth-order valence-electron chi connectivity index (χ4n) is 2.72. The first kappa shape index (κ1) is 17.0.